The SMILES string of the molecule is CC(Oc1cccnc1)C(=O)N1CCCN(C2CCCC2)CC1. The number of hydrogen-bond donors (Lipinski definition) is 0. The first-order valence-corrected chi connectivity index (χ1v) is 8.83. The van der Waals surface area contributed by atoms with Crippen LogP contribution in [-0.4, -0.2) is 59.0 Å². The van der Waals surface area contributed by atoms with E-state index in [0.29, 0.717) is 5.75 Å². The molecule has 1 amide bonds. The molecule has 1 atom stereocenters. The third kappa shape index (κ3) is 4.22. The zero-order valence-electron chi connectivity index (χ0n) is 14.0. The first-order valence-electron chi connectivity index (χ1n) is 8.83. The van der Waals surface area contributed by atoms with E-state index in [9.17, 15) is 4.79 Å². The Balaban J connectivity index is 1.53. The Morgan fingerprint density at radius 3 is 2.78 bits per heavy atom. The van der Waals surface area contributed by atoms with Gasteiger partial charge in [-0.05, 0) is 38.3 Å². The minimum Gasteiger partial charge on any atom is -0.479 e. The predicted octanol–water partition coefficient (Wildman–Crippen LogP) is 2.33. The lowest BCUT2D eigenvalue weighted by atomic mass is 10.2. The van der Waals surface area contributed by atoms with Gasteiger partial charge in [-0.2, -0.15) is 0 Å². The van der Waals surface area contributed by atoms with E-state index in [2.05, 4.69) is 9.88 Å². The Hall–Kier alpha value is -1.62. The molecular formula is C18H27N3O2. The van der Waals surface area contributed by atoms with Gasteiger partial charge in [0.15, 0.2) is 6.10 Å². The number of hydrogen-bond acceptors (Lipinski definition) is 4. The highest BCUT2D eigenvalue weighted by molar-refractivity contribution is 5.80. The normalized spacial score (nSPS) is 21.9. The largest absolute Gasteiger partial charge is 0.479 e. The zero-order chi connectivity index (χ0) is 16.1. The van der Waals surface area contributed by atoms with Crippen LogP contribution in [0, 0.1) is 0 Å². The average molecular weight is 317 g/mol. The highest BCUT2D eigenvalue weighted by Gasteiger charge is 2.28. The van der Waals surface area contributed by atoms with Gasteiger partial charge in [-0.15, -0.1) is 0 Å². The maximum Gasteiger partial charge on any atom is 0.263 e. The van der Waals surface area contributed by atoms with Crippen LogP contribution in [0.3, 0.4) is 0 Å². The highest BCUT2D eigenvalue weighted by Crippen LogP contribution is 2.24. The highest BCUT2D eigenvalue weighted by atomic mass is 16.5. The minimum absolute atomic E-state index is 0.0853. The van der Waals surface area contributed by atoms with Gasteiger partial charge in [-0.25, -0.2) is 0 Å². The summed E-state index contributed by atoms with van der Waals surface area (Å²) in [6.45, 7) is 5.59. The molecule has 3 rings (SSSR count). The third-order valence-electron chi connectivity index (χ3n) is 4.98. The molecule has 0 radical (unpaired) electrons. The number of amides is 1. The van der Waals surface area contributed by atoms with Gasteiger partial charge in [-0.3, -0.25) is 14.7 Å². The molecule has 1 aliphatic carbocycles. The Kier molecular flexibility index (Phi) is 5.49. The van der Waals surface area contributed by atoms with Crippen LogP contribution in [0.2, 0.25) is 0 Å². The van der Waals surface area contributed by atoms with Gasteiger partial charge >= 0.3 is 0 Å². The molecule has 5 nitrogen and oxygen atoms in total. The molecule has 1 saturated carbocycles. The lowest BCUT2D eigenvalue weighted by Crippen LogP contribution is -2.43. The van der Waals surface area contributed by atoms with Gasteiger partial charge < -0.3 is 9.64 Å². The summed E-state index contributed by atoms with van der Waals surface area (Å²) in [5.41, 5.74) is 0. The molecule has 0 bridgehead atoms. The smallest absolute Gasteiger partial charge is 0.263 e. The van der Waals surface area contributed by atoms with Gasteiger partial charge in [0.05, 0.1) is 6.20 Å². The fraction of sp³-hybridized carbons (Fsp3) is 0.667. The molecule has 23 heavy (non-hydrogen) atoms. The molecule has 1 saturated heterocycles. The molecule has 1 aliphatic heterocycles. The van der Waals surface area contributed by atoms with Crippen molar-refractivity contribution in [3.05, 3.63) is 24.5 Å². The molecule has 5 heteroatoms. The second-order valence-electron chi connectivity index (χ2n) is 6.60. The summed E-state index contributed by atoms with van der Waals surface area (Å²) in [5, 5.41) is 0. The summed E-state index contributed by atoms with van der Waals surface area (Å²) < 4.78 is 5.73. The molecule has 1 aromatic rings. The van der Waals surface area contributed by atoms with Crippen LogP contribution < -0.4 is 4.74 Å². The van der Waals surface area contributed by atoms with Crippen LogP contribution in [0.1, 0.15) is 39.0 Å². The Morgan fingerprint density at radius 1 is 1.22 bits per heavy atom. The van der Waals surface area contributed by atoms with Crippen molar-refractivity contribution in [2.75, 3.05) is 26.2 Å². The fourth-order valence-corrected chi connectivity index (χ4v) is 3.72. The van der Waals surface area contributed by atoms with E-state index < -0.39 is 6.10 Å². The van der Waals surface area contributed by atoms with Crippen LogP contribution in [0.25, 0.3) is 0 Å². The lowest BCUT2D eigenvalue weighted by Gasteiger charge is -2.28. The van der Waals surface area contributed by atoms with E-state index >= 15 is 0 Å². The van der Waals surface area contributed by atoms with E-state index in [1.54, 1.807) is 12.4 Å². The van der Waals surface area contributed by atoms with Crippen LogP contribution in [0.15, 0.2) is 24.5 Å². The number of nitrogens with zero attached hydrogens (tertiary/aromatic N) is 3. The van der Waals surface area contributed by atoms with E-state index in [4.69, 9.17) is 4.74 Å². The quantitative estimate of drug-likeness (QED) is 0.855. The minimum atomic E-state index is -0.461. The van der Waals surface area contributed by atoms with Crippen LogP contribution in [0.4, 0.5) is 0 Å². The summed E-state index contributed by atoms with van der Waals surface area (Å²) in [6.07, 6.45) is 9.32. The van der Waals surface area contributed by atoms with Crippen molar-refractivity contribution >= 4 is 5.91 Å². The van der Waals surface area contributed by atoms with Crippen LogP contribution in [-0.2, 0) is 4.79 Å². The molecule has 1 unspecified atom stereocenters. The van der Waals surface area contributed by atoms with Crippen molar-refractivity contribution in [3.8, 4) is 5.75 Å². The standard InChI is InChI=1S/C18H27N3O2/c1-15(23-17-8-4-9-19-14-17)18(22)21-11-5-10-20(12-13-21)16-6-2-3-7-16/h4,8-9,14-16H,2-3,5-7,10-13H2,1H3. The van der Waals surface area contributed by atoms with Crippen molar-refractivity contribution in [2.24, 2.45) is 0 Å². The molecule has 0 aromatic carbocycles. The van der Waals surface area contributed by atoms with E-state index in [1.165, 1.54) is 25.7 Å². The Bertz CT molecular complexity index is 502. The first-order chi connectivity index (χ1) is 11.2. The fourth-order valence-electron chi connectivity index (χ4n) is 3.72. The number of carbonyl (C=O) groups excluding carboxylic acids is 1. The van der Waals surface area contributed by atoms with Crippen molar-refractivity contribution in [1.29, 1.82) is 0 Å². The maximum absolute atomic E-state index is 12.6. The van der Waals surface area contributed by atoms with Gasteiger partial charge in [0.25, 0.3) is 5.91 Å². The average Bonchev–Trinajstić information content (AvgIpc) is 3.00. The number of aromatic nitrogens is 1. The van der Waals surface area contributed by atoms with Crippen molar-refractivity contribution in [1.82, 2.24) is 14.8 Å². The molecule has 2 fully saturated rings. The van der Waals surface area contributed by atoms with Gasteiger partial charge in [0, 0.05) is 38.4 Å². The summed E-state index contributed by atoms with van der Waals surface area (Å²) in [4.78, 5) is 21.2. The first kappa shape index (κ1) is 16.2. The molecule has 0 N–H and O–H groups in total. The van der Waals surface area contributed by atoms with E-state index in [0.717, 1.165) is 38.6 Å². The lowest BCUT2D eigenvalue weighted by molar-refractivity contribution is -0.137. The topological polar surface area (TPSA) is 45.7 Å². The zero-order valence-corrected chi connectivity index (χ0v) is 14.0. The number of carbonyl (C=O) groups is 1. The van der Waals surface area contributed by atoms with Crippen molar-refractivity contribution in [2.45, 2.75) is 51.2 Å². The summed E-state index contributed by atoms with van der Waals surface area (Å²) in [6, 6.07) is 4.40. The van der Waals surface area contributed by atoms with Gasteiger partial charge in [0.2, 0.25) is 0 Å². The Morgan fingerprint density at radius 2 is 2.04 bits per heavy atom. The molecule has 0 spiro atoms. The summed E-state index contributed by atoms with van der Waals surface area (Å²) in [7, 11) is 0. The maximum atomic E-state index is 12.6. The van der Waals surface area contributed by atoms with Crippen molar-refractivity contribution in [3.63, 3.8) is 0 Å². The molecular weight excluding hydrogens is 290 g/mol. The molecule has 2 heterocycles. The van der Waals surface area contributed by atoms with E-state index in [1.807, 2.05) is 24.0 Å². The third-order valence-corrected chi connectivity index (χ3v) is 4.98. The molecule has 2 aliphatic rings. The second-order valence-corrected chi connectivity index (χ2v) is 6.60. The summed E-state index contributed by atoms with van der Waals surface area (Å²) >= 11 is 0. The number of rotatable bonds is 4. The van der Waals surface area contributed by atoms with Crippen LogP contribution >= 0.6 is 0 Å². The molecule has 1 aromatic heterocycles. The van der Waals surface area contributed by atoms with Crippen LogP contribution in [0.5, 0.6) is 5.75 Å². The van der Waals surface area contributed by atoms with Gasteiger partial charge in [-0.1, -0.05) is 12.8 Å². The Labute approximate surface area is 138 Å². The van der Waals surface area contributed by atoms with Gasteiger partial charge in [0.1, 0.15) is 5.75 Å². The van der Waals surface area contributed by atoms with E-state index in [-0.39, 0.29) is 5.91 Å². The molecule has 126 valence electrons. The van der Waals surface area contributed by atoms with Crippen molar-refractivity contribution < 1.29 is 9.53 Å². The predicted molar refractivity (Wildman–Crippen MR) is 89.4 cm³/mol. The number of ether oxygens (including phenoxy) is 1. The second kappa shape index (κ2) is 7.77. The summed E-state index contributed by atoms with van der Waals surface area (Å²) in [5.74, 6) is 0.734. The number of pyridine rings is 1. The monoisotopic (exact) mass is 317 g/mol.